The predicted octanol–water partition coefficient (Wildman–Crippen LogP) is 9.49. The number of nitrogens with zero attached hydrogens (tertiary/aromatic N) is 4. The molecule has 0 bridgehead atoms. The number of fused-ring (bicyclic) bond motifs is 1. The maximum atomic E-state index is 16.4. The first-order valence-corrected chi connectivity index (χ1v) is 18.0. The van der Waals surface area contributed by atoms with Gasteiger partial charge in [0.1, 0.15) is 23.6 Å². The number of aryl methyl sites for hydroxylation is 1. The van der Waals surface area contributed by atoms with Crippen LogP contribution in [0.4, 0.5) is 37.8 Å². The van der Waals surface area contributed by atoms with Crippen molar-refractivity contribution in [1.82, 2.24) is 25.2 Å². The minimum atomic E-state index is -4.96. The summed E-state index contributed by atoms with van der Waals surface area (Å²) in [6.45, 7) is 15.7. The molecule has 3 unspecified atom stereocenters. The average Bonchev–Trinajstić information content (AvgIpc) is 3.63. The number of nitrogens with one attached hydrogen (secondary N) is 2. The van der Waals surface area contributed by atoms with Crippen LogP contribution in [0.3, 0.4) is 0 Å². The van der Waals surface area contributed by atoms with Crippen molar-refractivity contribution in [3.05, 3.63) is 34.2 Å². The molecule has 3 atom stereocenters. The summed E-state index contributed by atoms with van der Waals surface area (Å²) in [5.74, 6) is -1.18. The Morgan fingerprint density at radius 1 is 1.06 bits per heavy atom. The standard InChI is InChI=1S/C29H32ClF6N7O.3C2H6/c1-2-19(31)40-25(33)18-6-5-17-20-24(22(32)23(38-17)15-11-14(37)12-16(30)21(15)29(34,35)36)41-27(42-26(20)39-18)44-13-28-7-3-9-43(28)10-4-8-28;3*1-2/h11-12,18-19,25,40H,2-10,13,37H2,1H3,(H,39,41,42);3*1-2H3. The Bertz CT molecular complexity index is 1570. The topological polar surface area (TPSA) is 101 Å². The van der Waals surface area contributed by atoms with Gasteiger partial charge in [0.15, 0.2) is 18.4 Å². The van der Waals surface area contributed by atoms with Gasteiger partial charge in [-0.25, -0.2) is 18.2 Å². The second-order valence-corrected chi connectivity index (χ2v) is 12.1. The molecule has 2 saturated heterocycles. The van der Waals surface area contributed by atoms with Crippen molar-refractivity contribution in [1.29, 1.82) is 0 Å². The van der Waals surface area contributed by atoms with Gasteiger partial charge in [0.25, 0.3) is 0 Å². The first-order valence-electron chi connectivity index (χ1n) is 17.7. The van der Waals surface area contributed by atoms with E-state index in [2.05, 4.69) is 30.5 Å². The number of hydrogen-bond donors (Lipinski definition) is 3. The van der Waals surface area contributed by atoms with Crippen LogP contribution in [0, 0.1) is 5.82 Å². The van der Waals surface area contributed by atoms with Crippen molar-refractivity contribution in [3.63, 3.8) is 0 Å². The molecular formula is C35H50ClF6N7O. The van der Waals surface area contributed by atoms with Crippen LogP contribution in [-0.4, -0.2) is 63.7 Å². The molecule has 0 aliphatic carbocycles. The fourth-order valence-electron chi connectivity index (χ4n) is 6.68. The molecule has 4 N–H and O–H groups in total. The molecule has 0 radical (unpaired) electrons. The summed E-state index contributed by atoms with van der Waals surface area (Å²) in [4.78, 5) is 15.4. The molecule has 3 aromatic rings. The van der Waals surface area contributed by atoms with Gasteiger partial charge in [0, 0.05) is 11.3 Å². The highest BCUT2D eigenvalue weighted by Gasteiger charge is 2.45. The van der Waals surface area contributed by atoms with Gasteiger partial charge in [-0.15, -0.1) is 0 Å². The van der Waals surface area contributed by atoms with Crippen LogP contribution in [0.25, 0.3) is 22.2 Å². The zero-order chi connectivity index (χ0) is 37.4. The summed E-state index contributed by atoms with van der Waals surface area (Å²) in [5, 5.41) is 4.54. The third-order valence-corrected chi connectivity index (χ3v) is 9.14. The number of hydrogen-bond acceptors (Lipinski definition) is 8. The number of pyridine rings is 1. The summed E-state index contributed by atoms with van der Waals surface area (Å²) in [6, 6.07) is 0.632. The van der Waals surface area contributed by atoms with Crippen molar-refractivity contribution in [2.24, 2.45) is 0 Å². The maximum absolute atomic E-state index is 16.4. The maximum Gasteiger partial charge on any atom is 0.418 e. The van der Waals surface area contributed by atoms with E-state index in [9.17, 15) is 17.6 Å². The molecule has 0 spiro atoms. The second-order valence-electron chi connectivity index (χ2n) is 11.7. The van der Waals surface area contributed by atoms with E-state index in [0.717, 1.165) is 50.9 Å². The van der Waals surface area contributed by atoms with Crippen molar-refractivity contribution in [2.75, 3.05) is 30.7 Å². The number of alkyl halides is 5. The van der Waals surface area contributed by atoms with E-state index in [0.29, 0.717) is 0 Å². The molecule has 15 heteroatoms. The van der Waals surface area contributed by atoms with Gasteiger partial charge < -0.3 is 15.8 Å². The predicted molar refractivity (Wildman–Crippen MR) is 188 cm³/mol. The van der Waals surface area contributed by atoms with Crippen LogP contribution in [0.1, 0.15) is 98.2 Å². The molecule has 1 aromatic carbocycles. The third-order valence-electron chi connectivity index (χ3n) is 8.84. The zero-order valence-corrected chi connectivity index (χ0v) is 30.6. The lowest BCUT2D eigenvalue weighted by molar-refractivity contribution is -0.137. The number of aromatic nitrogens is 3. The zero-order valence-electron chi connectivity index (χ0n) is 29.9. The Balaban J connectivity index is 0.00000107. The van der Waals surface area contributed by atoms with Crippen molar-refractivity contribution < 1.29 is 31.1 Å². The first kappa shape index (κ1) is 41.3. The molecular weight excluding hydrogens is 684 g/mol. The second kappa shape index (κ2) is 17.9. The van der Waals surface area contributed by atoms with E-state index in [4.69, 9.17) is 22.1 Å². The largest absolute Gasteiger partial charge is 0.461 e. The molecule has 50 heavy (non-hydrogen) atoms. The molecule has 3 aliphatic rings. The molecule has 2 aromatic heterocycles. The molecule has 3 aliphatic heterocycles. The van der Waals surface area contributed by atoms with E-state index in [1.165, 1.54) is 0 Å². The molecule has 2 fully saturated rings. The third kappa shape index (κ3) is 8.67. The number of nitrogen functional groups attached to an aromatic ring is 1. The number of benzene rings is 1. The smallest absolute Gasteiger partial charge is 0.418 e. The average molecular weight is 734 g/mol. The van der Waals surface area contributed by atoms with Gasteiger partial charge in [-0.3, -0.25) is 10.2 Å². The summed E-state index contributed by atoms with van der Waals surface area (Å²) in [7, 11) is 0. The van der Waals surface area contributed by atoms with E-state index in [1.54, 1.807) is 6.92 Å². The van der Waals surface area contributed by atoms with E-state index < -0.39 is 52.5 Å². The minimum Gasteiger partial charge on any atom is -0.461 e. The Morgan fingerprint density at radius 3 is 2.30 bits per heavy atom. The Labute approximate surface area is 295 Å². The van der Waals surface area contributed by atoms with Crippen molar-refractivity contribution in [3.8, 4) is 17.3 Å². The highest BCUT2D eigenvalue weighted by molar-refractivity contribution is 6.32. The summed E-state index contributed by atoms with van der Waals surface area (Å²) < 4.78 is 94.3. The SMILES string of the molecule is CC.CC.CC.CCC(F)NC(F)C1CCc2nc(-c3cc(N)cc(Cl)c3C(F)(F)F)c(F)c3nc(OCC45CCCN4CCC5)nc(c23)N1. The summed E-state index contributed by atoms with van der Waals surface area (Å²) in [5.41, 5.74) is 2.66. The summed E-state index contributed by atoms with van der Waals surface area (Å²) in [6.07, 6.45) is -4.55. The van der Waals surface area contributed by atoms with Crippen LogP contribution in [0.2, 0.25) is 5.02 Å². The van der Waals surface area contributed by atoms with Crippen LogP contribution in [0.5, 0.6) is 6.01 Å². The van der Waals surface area contributed by atoms with E-state index in [-0.39, 0.29) is 65.5 Å². The van der Waals surface area contributed by atoms with Gasteiger partial charge in [0.05, 0.1) is 33.2 Å². The lowest BCUT2D eigenvalue weighted by atomic mass is 9.95. The van der Waals surface area contributed by atoms with E-state index >= 15 is 8.78 Å². The van der Waals surface area contributed by atoms with Crippen LogP contribution in [0.15, 0.2) is 12.1 Å². The first-order chi connectivity index (χ1) is 23.9. The lowest BCUT2D eigenvalue weighted by Gasteiger charge is -2.31. The molecule has 5 heterocycles. The Hall–Kier alpha value is -3.10. The quantitative estimate of drug-likeness (QED) is 0.120. The highest BCUT2D eigenvalue weighted by Crippen LogP contribution is 2.45. The monoisotopic (exact) mass is 733 g/mol. The normalized spacial score (nSPS) is 19.0. The van der Waals surface area contributed by atoms with Crippen LogP contribution in [-0.2, 0) is 12.6 Å². The van der Waals surface area contributed by atoms with Gasteiger partial charge in [-0.1, -0.05) is 60.1 Å². The fourth-order valence-corrected chi connectivity index (χ4v) is 7.02. The van der Waals surface area contributed by atoms with Gasteiger partial charge in [-0.05, 0) is 70.2 Å². The van der Waals surface area contributed by atoms with E-state index in [1.807, 2.05) is 41.5 Å². The van der Waals surface area contributed by atoms with Gasteiger partial charge in [-0.2, -0.15) is 23.1 Å². The molecule has 0 saturated carbocycles. The number of nitrogens with two attached hydrogens (primary N) is 1. The van der Waals surface area contributed by atoms with Crippen LogP contribution < -0.4 is 21.1 Å². The van der Waals surface area contributed by atoms with Crippen LogP contribution >= 0.6 is 11.6 Å². The van der Waals surface area contributed by atoms with Crippen molar-refractivity contribution >= 4 is 34.0 Å². The Morgan fingerprint density at radius 2 is 1.70 bits per heavy atom. The molecule has 0 amide bonds. The van der Waals surface area contributed by atoms with Gasteiger partial charge >= 0.3 is 12.2 Å². The number of anilines is 2. The number of rotatable bonds is 8. The number of halogens is 7. The highest BCUT2D eigenvalue weighted by atomic mass is 35.5. The molecule has 8 nitrogen and oxygen atoms in total. The fraction of sp³-hybridized carbons (Fsp3) is 0.629. The molecule has 6 rings (SSSR count). The summed E-state index contributed by atoms with van der Waals surface area (Å²) >= 11 is 5.97. The van der Waals surface area contributed by atoms with Crippen molar-refractivity contribution in [2.45, 2.75) is 124 Å². The number of ether oxygens (including phenoxy) is 1. The molecule has 280 valence electrons. The lowest BCUT2D eigenvalue weighted by Crippen LogP contribution is -2.44. The Kier molecular flexibility index (Phi) is 14.8. The van der Waals surface area contributed by atoms with Gasteiger partial charge in [0.2, 0.25) is 0 Å². The minimum absolute atomic E-state index is 0.00133.